The van der Waals surface area contributed by atoms with Crippen LogP contribution in [0.25, 0.3) is 78.6 Å². The van der Waals surface area contributed by atoms with Crippen molar-refractivity contribution in [1.29, 1.82) is 0 Å². The summed E-state index contributed by atoms with van der Waals surface area (Å²) in [5.74, 6) is -2.16. The van der Waals surface area contributed by atoms with Crippen LogP contribution in [0.1, 0.15) is 55.6 Å². The molecule has 2 atom stereocenters. The van der Waals surface area contributed by atoms with E-state index >= 15 is 26.3 Å². The molecule has 0 aliphatic heterocycles. The van der Waals surface area contributed by atoms with E-state index in [4.69, 9.17) is 13.9 Å². The van der Waals surface area contributed by atoms with E-state index in [-0.39, 0.29) is 11.6 Å². The Labute approximate surface area is 648 Å². The Morgan fingerprint density at radius 3 is 0.973 bits per heavy atom. The van der Waals surface area contributed by atoms with Gasteiger partial charge >= 0.3 is 0 Å². The maximum absolute atomic E-state index is 15.8. The lowest BCUT2D eigenvalue weighted by atomic mass is 9.67. The molecule has 2 aliphatic rings. The van der Waals surface area contributed by atoms with Crippen molar-refractivity contribution >= 4 is 68.2 Å². The van der Waals surface area contributed by atoms with Crippen LogP contribution in [-0.2, 0) is 10.8 Å². The van der Waals surface area contributed by atoms with Crippen LogP contribution in [0, 0.1) is 34.9 Å². The molecule has 2 unspecified atom stereocenters. The molecule has 0 saturated carbocycles. The minimum Gasteiger partial charge on any atom is -0.457 e. The van der Waals surface area contributed by atoms with Crippen LogP contribution < -0.4 is 19.3 Å². The van der Waals surface area contributed by atoms with Gasteiger partial charge in [-0.15, -0.1) is 0 Å². The van der Waals surface area contributed by atoms with Gasteiger partial charge in [0.05, 0.1) is 10.8 Å². The summed E-state index contributed by atoms with van der Waals surface area (Å²) >= 11 is 0. The lowest BCUT2D eigenvalue weighted by Crippen LogP contribution is -2.28. The third-order valence-corrected chi connectivity index (χ3v) is 22.1. The highest BCUT2D eigenvalue weighted by Crippen LogP contribution is 2.60. The summed E-state index contributed by atoms with van der Waals surface area (Å²) < 4.78 is 112. The highest BCUT2D eigenvalue weighted by Gasteiger charge is 2.48. The van der Waals surface area contributed by atoms with Gasteiger partial charge in [-0.2, -0.15) is 0 Å². The molecule has 1 heterocycles. The van der Waals surface area contributed by atoms with Crippen LogP contribution in [0.3, 0.4) is 0 Å². The second-order valence-electron chi connectivity index (χ2n) is 28.4. The van der Waals surface area contributed by atoms with Crippen LogP contribution in [-0.4, -0.2) is 0 Å². The fourth-order valence-electron chi connectivity index (χ4n) is 16.9. The molecule has 2 aliphatic carbocycles. The van der Waals surface area contributed by atoms with Crippen molar-refractivity contribution in [3.05, 3.63) is 456 Å². The summed E-state index contributed by atoms with van der Waals surface area (Å²) in [5, 5.41) is 1.52. The molecule has 0 saturated heterocycles. The first-order chi connectivity index (χ1) is 55.3. The Balaban J connectivity index is 0.687. The van der Waals surface area contributed by atoms with Crippen LogP contribution in [0.15, 0.2) is 369 Å². The molecule has 11 heteroatoms. The SMILES string of the molecule is C=Cc1ccc(Oc2ccc(C3(c4ccc(F)cc4)c4ccccc4-c4ccc(-c5cccc(N(c6ccc(F)c(F)c6)c6ccc7c(c6)oc6cc(N(c8cccc(-c9ccc%10c(c9)C(c9ccc(F)cc9)(c9ccc(Oc%11ccc(C=C)cc%11)cc9)c9ccccc9-%10)c8)c8ccc(F)c(F)c8)ccc67)c5)cc43)cc2)cc1. The first-order valence-corrected chi connectivity index (χ1v) is 37.0. The van der Waals surface area contributed by atoms with E-state index in [1.165, 1.54) is 48.5 Å². The molecule has 542 valence electrons. The largest absolute Gasteiger partial charge is 0.457 e. The van der Waals surface area contributed by atoms with Gasteiger partial charge in [-0.3, -0.25) is 0 Å². The number of nitrogens with zero attached hydrogens (tertiary/aromatic N) is 2. The van der Waals surface area contributed by atoms with E-state index in [0.29, 0.717) is 68.3 Å². The average molecular weight is 1480 g/mol. The van der Waals surface area contributed by atoms with Crippen LogP contribution >= 0.6 is 0 Å². The summed E-state index contributed by atoms with van der Waals surface area (Å²) in [6.45, 7) is 7.76. The number of rotatable bonds is 18. The molecule has 5 nitrogen and oxygen atoms in total. The van der Waals surface area contributed by atoms with E-state index in [0.717, 1.165) is 123 Å². The summed E-state index contributed by atoms with van der Waals surface area (Å²) in [4.78, 5) is 3.71. The second kappa shape index (κ2) is 27.9. The van der Waals surface area contributed by atoms with E-state index < -0.39 is 34.1 Å². The van der Waals surface area contributed by atoms with Crippen molar-refractivity contribution in [2.75, 3.05) is 9.80 Å². The Morgan fingerprint density at radius 1 is 0.265 bits per heavy atom. The Kier molecular flexibility index (Phi) is 17.1. The van der Waals surface area contributed by atoms with Crippen molar-refractivity contribution in [3.8, 4) is 67.5 Å². The fraction of sp³-hybridized carbons (Fsp3) is 0.0196. The van der Waals surface area contributed by atoms with Gasteiger partial charge < -0.3 is 23.7 Å². The molecule has 0 N–H and O–H groups in total. The highest BCUT2D eigenvalue weighted by molar-refractivity contribution is 6.07. The number of fused-ring (bicyclic) bond motifs is 9. The quantitative estimate of drug-likeness (QED) is 0.0801. The average Bonchev–Trinajstić information content (AvgIpc) is 1.55. The Morgan fingerprint density at radius 2 is 0.593 bits per heavy atom. The van der Waals surface area contributed by atoms with Crippen LogP contribution in [0.5, 0.6) is 23.0 Å². The molecule has 0 spiro atoms. The monoisotopic (exact) mass is 1480 g/mol. The van der Waals surface area contributed by atoms with Crippen LogP contribution in [0.4, 0.5) is 60.5 Å². The zero-order valence-electron chi connectivity index (χ0n) is 60.4. The number of ether oxygens (including phenoxy) is 2. The minimum atomic E-state index is -1.03. The molecular formula is C102H64F6N2O3. The van der Waals surface area contributed by atoms with Gasteiger partial charge in [0.2, 0.25) is 0 Å². The maximum Gasteiger partial charge on any atom is 0.160 e. The smallest absolute Gasteiger partial charge is 0.160 e. The molecular weight excluding hydrogens is 1420 g/mol. The molecule has 0 radical (unpaired) electrons. The summed E-state index contributed by atoms with van der Waals surface area (Å²) in [6.07, 6.45) is 3.56. The third kappa shape index (κ3) is 11.9. The zero-order chi connectivity index (χ0) is 76.6. The normalized spacial score (nSPS) is 14.4. The second-order valence-corrected chi connectivity index (χ2v) is 28.4. The van der Waals surface area contributed by atoms with Gasteiger partial charge in [0.15, 0.2) is 23.3 Å². The molecule has 1 aromatic heterocycles. The molecule has 16 aromatic carbocycles. The predicted octanol–water partition coefficient (Wildman–Crippen LogP) is 28.3. The number of hydrogen-bond donors (Lipinski definition) is 0. The van der Waals surface area contributed by atoms with Crippen molar-refractivity contribution < 1.29 is 40.2 Å². The van der Waals surface area contributed by atoms with E-state index in [9.17, 15) is 0 Å². The van der Waals surface area contributed by atoms with Crippen molar-refractivity contribution in [2.24, 2.45) is 0 Å². The van der Waals surface area contributed by atoms with Gasteiger partial charge in [0, 0.05) is 69.2 Å². The third-order valence-electron chi connectivity index (χ3n) is 22.1. The van der Waals surface area contributed by atoms with Crippen molar-refractivity contribution in [3.63, 3.8) is 0 Å². The number of benzene rings is 16. The lowest BCUT2D eigenvalue weighted by molar-refractivity contribution is 0.482. The zero-order valence-corrected chi connectivity index (χ0v) is 60.4. The fourth-order valence-corrected chi connectivity index (χ4v) is 16.9. The first-order valence-electron chi connectivity index (χ1n) is 37.0. The van der Waals surface area contributed by atoms with Gasteiger partial charge in [0.25, 0.3) is 0 Å². The van der Waals surface area contributed by atoms with E-state index in [1.54, 1.807) is 12.2 Å². The predicted molar refractivity (Wildman–Crippen MR) is 442 cm³/mol. The van der Waals surface area contributed by atoms with Crippen LogP contribution in [0.2, 0.25) is 0 Å². The molecule has 17 aromatic rings. The molecule has 113 heavy (non-hydrogen) atoms. The summed E-state index contributed by atoms with van der Waals surface area (Å²) in [6, 6.07) is 109. The van der Waals surface area contributed by atoms with E-state index in [1.807, 2.05) is 216 Å². The van der Waals surface area contributed by atoms with Gasteiger partial charge in [-0.25, -0.2) is 26.3 Å². The van der Waals surface area contributed by atoms with Gasteiger partial charge in [-0.05, 0) is 258 Å². The van der Waals surface area contributed by atoms with E-state index in [2.05, 4.69) is 98.1 Å². The Bertz CT molecular complexity index is 6220. The first kappa shape index (κ1) is 69.1. The summed E-state index contributed by atoms with van der Waals surface area (Å²) in [5.41, 5.74) is 19.2. The lowest BCUT2D eigenvalue weighted by Gasteiger charge is -2.34. The molecule has 0 amide bonds. The number of halogens is 6. The van der Waals surface area contributed by atoms with Crippen molar-refractivity contribution in [1.82, 2.24) is 0 Å². The summed E-state index contributed by atoms with van der Waals surface area (Å²) in [7, 11) is 0. The Hall–Kier alpha value is -14.4. The standard InChI is InChI=1S/C102H64F6N2O3/c1-3-63-19-41-81(42-20-63)111-83-45-29-71(30-46-83)101(69-25-33-73(103)34-26-69)91-17-7-5-15-85(91)87-49-23-67(57-93(87)101)65-11-9-13-75(55-65)109(77-39-53-95(105)97(107)59-77)79-37-51-89-90-52-38-80(62-100(90)113-99(89)61-79)110(78-40-54-96(106)98(108)60-78)76-14-10-12-66(56-76)68-24-50-88-86-16-6-8-18-92(86)102(94(88)58-68,70-27-35-74(104)36-28-70)72-31-47-84(48-32-72)112-82-43-21-64(4-2)22-44-82/h3-62H,1-2H2. The van der Waals surface area contributed by atoms with Crippen molar-refractivity contribution in [2.45, 2.75) is 10.8 Å². The molecule has 0 fully saturated rings. The molecule has 19 rings (SSSR count). The number of furan rings is 1. The molecule has 0 bridgehead atoms. The minimum absolute atomic E-state index is 0.338. The topological polar surface area (TPSA) is 38.1 Å². The highest BCUT2D eigenvalue weighted by atomic mass is 19.2. The van der Waals surface area contributed by atoms with Gasteiger partial charge in [-0.1, -0.05) is 195 Å². The number of hydrogen-bond acceptors (Lipinski definition) is 5. The maximum atomic E-state index is 15.8. The van der Waals surface area contributed by atoms with Gasteiger partial charge in [0.1, 0.15) is 45.8 Å². The number of anilines is 6.